The third kappa shape index (κ3) is 1.58. The summed E-state index contributed by atoms with van der Waals surface area (Å²) in [4.78, 5) is 11.6. The van der Waals surface area contributed by atoms with Gasteiger partial charge in [0.1, 0.15) is 11.6 Å². The molecular weight excluding hydrogens is 191 g/mol. The lowest BCUT2D eigenvalue weighted by molar-refractivity contribution is -0.137. The molecule has 3 atom stereocenters. The maximum Gasteiger partial charge on any atom is 0.140 e. The molecule has 0 heterocycles. The number of ketones is 1. The molecule has 80 valence electrons. The first kappa shape index (κ1) is 10.3. The molecule has 1 aromatic carbocycles. The zero-order chi connectivity index (χ0) is 11.0. The fourth-order valence-electron chi connectivity index (χ4n) is 2.61. The Balaban J connectivity index is 2.28. The number of carbonyl (C=O) groups is 1. The highest BCUT2D eigenvalue weighted by atomic mass is 19.1. The predicted molar refractivity (Wildman–Crippen MR) is 57.1 cm³/mol. The molecule has 1 fully saturated rings. The summed E-state index contributed by atoms with van der Waals surface area (Å²) >= 11 is 0. The summed E-state index contributed by atoms with van der Waals surface area (Å²) in [6.07, 6.45) is 0.852. The van der Waals surface area contributed by atoms with Crippen LogP contribution in [0.15, 0.2) is 24.3 Å². The quantitative estimate of drug-likeness (QED) is 0.726. The van der Waals surface area contributed by atoms with Crippen molar-refractivity contribution in [2.24, 2.45) is 11.8 Å². The summed E-state index contributed by atoms with van der Waals surface area (Å²) < 4.78 is 13.1. The lowest BCUT2D eigenvalue weighted by atomic mass is 9.61. The Morgan fingerprint density at radius 1 is 1.40 bits per heavy atom. The van der Waals surface area contributed by atoms with Crippen LogP contribution in [-0.4, -0.2) is 5.78 Å². The van der Waals surface area contributed by atoms with E-state index in [4.69, 9.17) is 0 Å². The van der Waals surface area contributed by atoms with E-state index in [0.717, 1.165) is 12.0 Å². The average Bonchev–Trinajstić information content (AvgIpc) is 2.24. The van der Waals surface area contributed by atoms with Gasteiger partial charge in [-0.05, 0) is 24.1 Å². The molecule has 2 heteroatoms. The van der Waals surface area contributed by atoms with Gasteiger partial charge in [0.2, 0.25) is 0 Å². The normalized spacial score (nSPS) is 30.1. The van der Waals surface area contributed by atoms with Gasteiger partial charge in [0, 0.05) is 17.8 Å². The number of Topliss-reactive ketones (excluding diaryl/α,β-unsaturated/α-hetero) is 1. The van der Waals surface area contributed by atoms with Crippen molar-refractivity contribution in [3.8, 4) is 0 Å². The number of hydrogen-bond donors (Lipinski definition) is 0. The smallest absolute Gasteiger partial charge is 0.140 e. The van der Waals surface area contributed by atoms with Crippen molar-refractivity contribution in [2.75, 3.05) is 0 Å². The number of hydrogen-bond acceptors (Lipinski definition) is 1. The fraction of sp³-hybridized carbons (Fsp3) is 0.462. The van der Waals surface area contributed by atoms with E-state index in [0.29, 0.717) is 5.78 Å². The number of carbonyl (C=O) groups excluding carboxylic acids is 1. The third-order valence-electron chi connectivity index (χ3n) is 3.46. The topological polar surface area (TPSA) is 17.1 Å². The van der Waals surface area contributed by atoms with Gasteiger partial charge in [0.15, 0.2) is 0 Å². The Labute approximate surface area is 89.3 Å². The summed E-state index contributed by atoms with van der Waals surface area (Å²) in [5, 5.41) is 0. The second-order valence-electron chi connectivity index (χ2n) is 4.29. The SMILES string of the molecule is CCC1C(=O)C(C)C1c1cccc(F)c1. The molecule has 0 N–H and O–H groups in total. The van der Waals surface area contributed by atoms with Crippen LogP contribution < -0.4 is 0 Å². The van der Waals surface area contributed by atoms with E-state index in [1.165, 1.54) is 6.07 Å². The van der Waals surface area contributed by atoms with Gasteiger partial charge in [0.25, 0.3) is 0 Å². The van der Waals surface area contributed by atoms with Crippen LogP contribution in [0.1, 0.15) is 31.7 Å². The number of rotatable bonds is 2. The molecule has 1 saturated carbocycles. The zero-order valence-electron chi connectivity index (χ0n) is 9.03. The van der Waals surface area contributed by atoms with Crippen molar-refractivity contribution in [2.45, 2.75) is 26.2 Å². The van der Waals surface area contributed by atoms with Crippen molar-refractivity contribution in [1.29, 1.82) is 0 Å². The minimum atomic E-state index is -0.214. The fourth-order valence-corrected chi connectivity index (χ4v) is 2.61. The minimum Gasteiger partial charge on any atom is -0.299 e. The van der Waals surface area contributed by atoms with E-state index >= 15 is 0 Å². The lowest BCUT2D eigenvalue weighted by Gasteiger charge is -2.41. The molecule has 3 unspecified atom stereocenters. The van der Waals surface area contributed by atoms with E-state index < -0.39 is 0 Å². The molecule has 0 amide bonds. The van der Waals surface area contributed by atoms with Crippen LogP contribution in [0.4, 0.5) is 4.39 Å². The molecular formula is C13H15FO. The molecule has 0 aromatic heterocycles. The van der Waals surface area contributed by atoms with Gasteiger partial charge in [-0.2, -0.15) is 0 Å². The minimum absolute atomic E-state index is 0.0525. The van der Waals surface area contributed by atoms with Crippen molar-refractivity contribution in [3.63, 3.8) is 0 Å². The number of halogens is 1. The van der Waals surface area contributed by atoms with Gasteiger partial charge in [-0.1, -0.05) is 26.0 Å². The molecule has 0 bridgehead atoms. The summed E-state index contributed by atoms with van der Waals surface area (Å²) in [7, 11) is 0. The largest absolute Gasteiger partial charge is 0.299 e. The second kappa shape index (κ2) is 3.76. The van der Waals surface area contributed by atoms with Gasteiger partial charge in [-0.15, -0.1) is 0 Å². The highest BCUT2D eigenvalue weighted by Crippen LogP contribution is 2.46. The highest BCUT2D eigenvalue weighted by molar-refractivity contribution is 5.91. The third-order valence-corrected chi connectivity index (χ3v) is 3.46. The summed E-state index contributed by atoms with van der Waals surface area (Å²) in [5.74, 6) is 0.484. The van der Waals surface area contributed by atoms with Gasteiger partial charge in [0.05, 0.1) is 0 Å². The molecule has 1 nitrogen and oxygen atoms in total. The standard InChI is InChI=1S/C13H15FO/c1-3-11-12(8(2)13(11)15)9-5-4-6-10(14)7-9/h4-8,11-12H,3H2,1-2H3. The van der Waals surface area contributed by atoms with E-state index in [9.17, 15) is 9.18 Å². The van der Waals surface area contributed by atoms with Crippen molar-refractivity contribution in [1.82, 2.24) is 0 Å². The Bertz CT molecular complexity index is 386. The van der Waals surface area contributed by atoms with Crippen molar-refractivity contribution in [3.05, 3.63) is 35.6 Å². The molecule has 1 aliphatic rings. The van der Waals surface area contributed by atoms with E-state index in [-0.39, 0.29) is 23.6 Å². The van der Waals surface area contributed by atoms with Gasteiger partial charge in [-0.3, -0.25) is 4.79 Å². The van der Waals surface area contributed by atoms with Crippen molar-refractivity contribution >= 4 is 5.78 Å². The second-order valence-corrected chi connectivity index (χ2v) is 4.29. The maximum absolute atomic E-state index is 13.1. The van der Waals surface area contributed by atoms with Crippen molar-refractivity contribution < 1.29 is 9.18 Å². The van der Waals surface area contributed by atoms with E-state index in [2.05, 4.69) is 0 Å². The molecule has 0 saturated heterocycles. The lowest BCUT2D eigenvalue weighted by Crippen LogP contribution is -2.43. The van der Waals surface area contributed by atoms with Crippen LogP contribution >= 0.6 is 0 Å². The molecule has 0 spiro atoms. The first-order valence-corrected chi connectivity index (χ1v) is 5.44. The Morgan fingerprint density at radius 3 is 2.73 bits per heavy atom. The van der Waals surface area contributed by atoms with Gasteiger partial charge < -0.3 is 0 Å². The van der Waals surface area contributed by atoms with Crippen LogP contribution in [0.5, 0.6) is 0 Å². The van der Waals surface area contributed by atoms with Crippen LogP contribution in [0.25, 0.3) is 0 Å². The number of benzene rings is 1. The van der Waals surface area contributed by atoms with E-state index in [1.54, 1.807) is 12.1 Å². The molecule has 1 aromatic rings. The maximum atomic E-state index is 13.1. The molecule has 0 aliphatic heterocycles. The predicted octanol–water partition coefficient (Wildman–Crippen LogP) is 3.15. The summed E-state index contributed by atoms with van der Waals surface area (Å²) in [6.45, 7) is 3.95. The Morgan fingerprint density at radius 2 is 2.13 bits per heavy atom. The Hall–Kier alpha value is -1.18. The van der Waals surface area contributed by atoms with Crippen LogP contribution in [0, 0.1) is 17.7 Å². The summed E-state index contributed by atoms with van der Waals surface area (Å²) in [6, 6.07) is 6.62. The van der Waals surface area contributed by atoms with Crippen LogP contribution in [0.2, 0.25) is 0 Å². The molecule has 15 heavy (non-hydrogen) atoms. The van der Waals surface area contributed by atoms with Gasteiger partial charge >= 0.3 is 0 Å². The summed E-state index contributed by atoms with van der Waals surface area (Å²) in [5.41, 5.74) is 0.967. The van der Waals surface area contributed by atoms with Crippen LogP contribution in [-0.2, 0) is 4.79 Å². The first-order chi connectivity index (χ1) is 7.15. The highest BCUT2D eigenvalue weighted by Gasteiger charge is 2.46. The molecule has 1 aliphatic carbocycles. The molecule has 0 radical (unpaired) electrons. The van der Waals surface area contributed by atoms with Crippen LogP contribution in [0.3, 0.4) is 0 Å². The molecule has 2 rings (SSSR count). The van der Waals surface area contributed by atoms with Gasteiger partial charge in [-0.25, -0.2) is 4.39 Å². The zero-order valence-corrected chi connectivity index (χ0v) is 9.03. The average molecular weight is 206 g/mol. The van der Waals surface area contributed by atoms with E-state index in [1.807, 2.05) is 19.9 Å². The monoisotopic (exact) mass is 206 g/mol. The first-order valence-electron chi connectivity index (χ1n) is 5.44. The Kier molecular flexibility index (Phi) is 2.59.